The summed E-state index contributed by atoms with van der Waals surface area (Å²) in [5.74, 6) is 3.43. The third kappa shape index (κ3) is 5.46. The average Bonchev–Trinajstić information content (AvgIpc) is 3.20. The molecule has 0 N–H and O–H groups in total. The molecule has 1 saturated heterocycles. The minimum Gasteiger partial charge on any atom is -0.493 e. The Balaban J connectivity index is 1.52. The summed E-state index contributed by atoms with van der Waals surface area (Å²) in [7, 11) is 3.32. The predicted octanol–water partition coefficient (Wildman–Crippen LogP) is 6.93. The summed E-state index contributed by atoms with van der Waals surface area (Å²) in [6.07, 6.45) is 1.60. The van der Waals surface area contributed by atoms with Gasteiger partial charge in [-0.1, -0.05) is 69.0 Å². The summed E-state index contributed by atoms with van der Waals surface area (Å²) >= 11 is 0. The summed E-state index contributed by atoms with van der Waals surface area (Å²) in [5.41, 5.74) is 3.26. The lowest BCUT2D eigenvalue weighted by Crippen LogP contribution is -2.10. The Bertz CT molecular complexity index is 1130. The Kier molecular flexibility index (Phi) is 7.98. The second kappa shape index (κ2) is 11.3. The van der Waals surface area contributed by atoms with Crippen LogP contribution in [0, 0.1) is 11.8 Å². The predicted molar refractivity (Wildman–Crippen MR) is 137 cm³/mol. The quantitative estimate of drug-likeness (QED) is 0.298. The van der Waals surface area contributed by atoms with Gasteiger partial charge in [-0.3, -0.25) is 0 Å². The van der Waals surface area contributed by atoms with Crippen LogP contribution in [0.1, 0.15) is 42.7 Å². The van der Waals surface area contributed by atoms with Crippen LogP contribution in [0.3, 0.4) is 0 Å². The summed E-state index contributed by atoms with van der Waals surface area (Å²) < 4.78 is 29.6. The van der Waals surface area contributed by atoms with Crippen molar-refractivity contribution in [2.75, 3.05) is 20.8 Å². The molecular weight excluding hydrogens is 440 g/mol. The molecule has 3 aromatic carbocycles. The van der Waals surface area contributed by atoms with Crippen LogP contribution in [0.4, 0.5) is 0 Å². The maximum absolute atomic E-state index is 6.64. The van der Waals surface area contributed by atoms with Gasteiger partial charge in [0.2, 0.25) is 0 Å². The summed E-state index contributed by atoms with van der Waals surface area (Å²) in [4.78, 5) is 0. The molecule has 1 aliphatic rings. The third-order valence-corrected chi connectivity index (χ3v) is 6.70. The SMILES string of the molecule is C=CCOc1ccc([C@@H]2O[C@@H](c3ccc(OCc4ccccc4)c(OC)c3)[C@H](C)[C@H]2C)cc1OC. The molecule has 0 unspecified atom stereocenters. The maximum atomic E-state index is 6.64. The minimum atomic E-state index is -0.0604. The molecule has 0 spiro atoms. The van der Waals surface area contributed by atoms with Crippen molar-refractivity contribution in [3.8, 4) is 23.0 Å². The fourth-order valence-electron chi connectivity index (χ4n) is 4.57. The largest absolute Gasteiger partial charge is 0.493 e. The molecule has 1 heterocycles. The Hall–Kier alpha value is -3.44. The Labute approximate surface area is 208 Å². The molecule has 1 aliphatic heterocycles. The number of hydrogen-bond donors (Lipinski definition) is 0. The van der Waals surface area contributed by atoms with E-state index in [1.165, 1.54) is 0 Å². The van der Waals surface area contributed by atoms with Crippen molar-refractivity contribution >= 4 is 0 Å². The molecular formula is C30H34O5. The van der Waals surface area contributed by atoms with E-state index in [0.29, 0.717) is 42.3 Å². The molecule has 4 rings (SSSR count). The van der Waals surface area contributed by atoms with Crippen molar-refractivity contribution in [1.82, 2.24) is 0 Å². The Morgan fingerprint density at radius 3 is 1.80 bits per heavy atom. The van der Waals surface area contributed by atoms with E-state index in [1.54, 1.807) is 20.3 Å². The first-order valence-electron chi connectivity index (χ1n) is 12.0. The van der Waals surface area contributed by atoms with Crippen molar-refractivity contribution in [3.05, 3.63) is 96.1 Å². The van der Waals surface area contributed by atoms with Crippen molar-refractivity contribution in [2.45, 2.75) is 32.7 Å². The lowest BCUT2D eigenvalue weighted by molar-refractivity contribution is 0.0287. The smallest absolute Gasteiger partial charge is 0.161 e. The zero-order valence-corrected chi connectivity index (χ0v) is 20.9. The van der Waals surface area contributed by atoms with Crippen molar-refractivity contribution in [1.29, 1.82) is 0 Å². The molecule has 0 radical (unpaired) electrons. The molecule has 0 aromatic heterocycles. The summed E-state index contributed by atoms with van der Waals surface area (Å²) in [6, 6.07) is 22.2. The fourth-order valence-corrected chi connectivity index (χ4v) is 4.57. The van der Waals surface area contributed by atoms with E-state index in [4.69, 9.17) is 23.7 Å². The lowest BCUT2D eigenvalue weighted by Gasteiger charge is -2.19. The van der Waals surface area contributed by atoms with E-state index in [0.717, 1.165) is 22.4 Å². The number of hydrogen-bond acceptors (Lipinski definition) is 5. The lowest BCUT2D eigenvalue weighted by atomic mass is 9.85. The molecule has 184 valence electrons. The van der Waals surface area contributed by atoms with Crippen LogP contribution in [0.25, 0.3) is 0 Å². The molecule has 0 aliphatic carbocycles. The minimum absolute atomic E-state index is 0.0580. The summed E-state index contributed by atoms with van der Waals surface area (Å²) in [6.45, 7) is 9.09. The first-order chi connectivity index (χ1) is 17.0. The van der Waals surface area contributed by atoms with Crippen molar-refractivity contribution in [2.24, 2.45) is 11.8 Å². The highest BCUT2D eigenvalue weighted by Crippen LogP contribution is 2.50. The van der Waals surface area contributed by atoms with E-state index >= 15 is 0 Å². The fraction of sp³-hybridized carbons (Fsp3) is 0.333. The molecule has 35 heavy (non-hydrogen) atoms. The number of methoxy groups -OCH3 is 2. The van der Waals surface area contributed by atoms with Gasteiger partial charge in [-0.2, -0.15) is 0 Å². The first kappa shape index (κ1) is 24.7. The van der Waals surface area contributed by atoms with E-state index in [1.807, 2.05) is 54.6 Å². The third-order valence-electron chi connectivity index (χ3n) is 6.70. The van der Waals surface area contributed by atoms with Gasteiger partial charge in [-0.05, 0) is 52.8 Å². The van der Waals surface area contributed by atoms with E-state index < -0.39 is 0 Å². The highest BCUT2D eigenvalue weighted by Gasteiger charge is 2.41. The van der Waals surface area contributed by atoms with Gasteiger partial charge in [0.15, 0.2) is 23.0 Å². The van der Waals surface area contributed by atoms with E-state index in [2.05, 4.69) is 32.6 Å². The van der Waals surface area contributed by atoms with Gasteiger partial charge in [0.25, 0.3) is 0 Å². The highest BCUT2D eigenvalue weighted by molar-refractivity contribution is 5.46. The van der Waals surface area contributed by atoms with Crippen molar-refractivity contribution < 1.29 is 23.7 Å². The van der Waals surface area contributed by atoms with Crippen LogP contribution < -0.4 is 18.9 Å². The van der Waals surface area contributed by atoms with E-state index in [-0.39, 0.29) is 12.2 Å². The second-order valence-electron chi connectivity index (χ2n) is 8.89. The monoisotopic (exact) mass is 474 g/mol. The zero-order valence-electron chi connectivity index (χ0n) is 20.9. The molecule has 3 aromatic rings. The number of rotatable bonds is 10. The molecule has 0 bridgehead atoms. The molecule has 4 atom stereocenters. The highest BCUT2D eigenvalue weighted by atomic mass is 16.5. The number of benzene rings is 3. The standard InChI is InChI=1S/C30H34O5/c1-6-16-33-25-14-12-23(17-27(25)31-4)29-20(2)21(3)30(35-29)24-13-15-26(28(18-24)32-5)34-19-22-10-8-7-9-11-22/h6-15,17-18,20-21,29-30H,1,16,19H2,2-5H3/t20-,21-,29-,30-/m1/s1. The summed E-state index contributed by atoms with van der Waals surface area (Å²) in [5, 5.41) is 0. The van der Waals surface area contributed by atoms with Crippen LogP contribution >= 0.6 is 0 Å². The molecule has 0 saturated carbocycles. The van der Waals surface area contributed by atoms with Gasteiger partial charge in [0.1, 0.15) is 13.2 Å². The molecule has 5 nitrogen and oxygen atoms in total. The van der Waals surface area contributed by atoms with Crippen LogP contribution in [-0.4, -0.2) is 20.8 Å². The number of ether oxygens (including phenoxy) is 5. The normalized spacial score (nSPS) is 21.4. The zero-order chi connectivity index (χ0) is 24.8. The van der Waals surface area contributed by atoms with Gasteiger partial charge in [0.05, 0.1) is 26.4 Å². The van der Waals surface area contributed by atoms with Crippen molar-refractivity contribution in [3.63, 3.8) is 0 Å². The molecule has 1 fully saturated rings. The Morgan fingerprint density at radius 1 is 0.743 bits per heavy atom. The van der Waals surface area contributed by atoms with Crippen LogP contribution in [0.2, 0.25) is 0 Å². The van der Waals surface area contributed by atoms with Gasteiger partial charge in [0, 0.05) is 0 Å². The van der Waals surface area contributed by atoms with Crippen LogP contribution in [0.5, 0.6) is 23.0 Å². The van der Waals surface area contributed by atoms with Gasteiger partial charge in [-0.15, -0.1) is 0 Å². The van der Waals surface area contributed by atoms with Crippen LogP contribution in [-0.2, 0) is 11.3 Å². The van der Waals surface area contributed by atoms with Gasteiger partial charge >= 0.3 is 0 Å². The topological polar surface area (TPSA) is 46.2 Å². The molecule has 5 heteroatoms. The first-order valence-corrected chi connectivity index (χ1v) is 12.0. The second-order valence-corrected chi connectivity index (χ2v) is 8.89. The van der Waals surface area contributed by atoms with Crippen LogP contribution in [0.15, 0.2) is 79.4 Å². The Morgan fingerprint density at radius 2 is 1.29 bits per heavy atom. The van der Waals surface area contributed by atoms with Gasteiger partial charge < -0.3 is 23.7 Å². The maximum Gasteiger partial charge on any atom is 0.161 e. The average molecular weight is 475 g/mol. The van der Waals surface area contributed by atoms with E-state index in [9.17, 15) is 0 Å². The van der Waals surface area contributed by atoms with Gasteiger partial charge in [-0.25, -0.2) is 0 Å². The molecule has 0 amide bonds.